The largest absolute Gasteiger partial charge is 0.496 e. The third kappa shape index (κ3) is 2.57. The number of hydrogen-bond acceptors (Lipinski definition) is 4. The van der Waals surface area contributed by atoms with Gasteiger partial charge in [-0.3, -0.25) is 9.63 Å². The first-order valence-electron chi connectivity index (χ1n) is 4.11. The third-order valence-electron chi connectivity index (χ3n) is 1.84. The Bertz CT molecular complexity index is 370. The lowest BCUT2D eigenvalue weighted by Gasteiger charge is -2.15. The van der Waals surface area contributed by atoms with Gasteiger partial charge in [0.25, 0.3) is 5.91 Å². The predicted molar refractivity (Wildman–Crippen MR) is 54.9 cm³/mol. The van der Waals surface area contributed by atoms with E-state index >= 15 is 0 Å². The monoisotopic (exact) mass is 230 g/mol. The molecule has 1 aromatic rings. The summed E-state index contributed by atoms with van der Waals surface area (Å²) in [6.45, 7) is 0. The second-order valence-electron chi connectivity index (χ2n) is 2.69. The van der Waals surface area contributed by atoms with E-state index in [1.165, 1.54) is 33.5 Å². The molecule has 1 heterocycles. The molecule has 0 aliphatic heterocycles. The minimum atomic E-state index is -0.349. The maximum atomic E-state index is 11.7. The number of carbonyl (C=O) groups is 1. The summed E-state index contributed by atoms with van der Waals surface area (Å²) < 4.78 is 5.01. The average Bonchev–Trinajstić information content (AvgIpc) is 2.26. The zero-order chi connectivity index (χ0) is 11.4. The highest BCUT2D eigenvalue weighted by Crippen LogP contribution is 2.21. The summed E-state index contributed by atoms with van der Waals surface area (Å²) in [5.74, 6) is 0.0161. The van der Waals surface area contributed by atoms with Gasteiger partial charge in [-0.15, -0.1) is 0 Å². The van der Waals surface area contributed by atoms with Crippen LogP contribution in [0.1, 0.15) is 10.4 Å². The summed E-state index contributed by atoms with van der Waals surface area (Å²) in [5, 5.41) is 1.34. The van der Waals surface area contributed by atoms with Crippen molar-refractivity contribution in [2.24, 2.45) is 0 Å². The van der Waals surface area contributed by atoms with Crippen LogP contribution in [0.4, 0.5) is 0 Å². The van der Waals surface area contributed by atoms with Crippen molar-refractivity contribution in [1.82, 2.24) is 10.0 Å². The minimum absolute atomic E-state index is 0.267. The molecule has 0 bridgehead atoms. The van der Waals surface area contributed by atoms with Gasteiger partial charge in [-0.1, -0.05) is 11.6 Å². The van der Waals surface area contributed by atoms with Crippen LogP contribution in [0.5, 0.6) is 5.75 Å². The SMILES string of the molecule is COc1cc(Cl)ncc1C(=O)N(C)OC. The highest BCUT2D eigenvalue weighted by Gasteiger charge is 2.17. The van der Waals surface area contributed by atoms with Crippen LogP contribution in [0.25, 0.3) is 0 Å². The fraction of sp³-hybridized carbons (Fsp3) is 0.333. The molecule has 1 rings (SSSR count). The Balaban J connectivity index is 3.08. The quantitative estimate of drug-likeness (QED) is 0.582. The van der Waals surface area contributed by atoms with E-state index in [0.717, 1.165) is 5.06 Å². The minimum Gasteiger partial charge on any atom is -0.496 e. The number of pyridine rings is 1. The molecule has 0 atom stereocenters. The van der Waals surface area contributed by atoms with Crippen LogP contribution >= 0.6 is 11.6 Å². The Labute approximate surface area is 92.5 Å². The summed E-state index contributed by atoms with van der Waals surface area (Å²) in [7, 11) is 4.35. The average molecular weight is 231 g/mol. The number of rotatable bonds is 3. The van der Waals surface area contributed by atoms with E-state index in [-0.39, 0.29) is 11.1 Å². The van der Waals surface area contributed by atoms with Gasteiger partial charge in [0.15, 0.2) is 0 Å². The van der Waals surface area contributed by atoms with Crippen LogP contribution in [0.3, 0.4) is 0 Å². The molecule has 6 heteroatoms. The number of halogens is 1. The van der Waals surface area contributed by atoms with Gasteiger partial charge in [-0.05, 0) is 0 Å². The number of ether oxygens (including phenoxy) is 1. The van der Waals surface area contributed by atoms with Crippen molar-refractivity contribution < 1.29 is 14.4 Å². The Hall–Kier alpha value is -1.33. The van der Waals surface area contributed by atoms with Crippen molar-refractivity contribution in [3.63, 3.8) is 0 Å². The smallest absolute Gasteiger partial charge is 0.282 e. The highest BCUT2D eigenvalue weighted by atomic mass is 35.5. The molecule has 0 saturated heterocycles. The second-order valence-corrected chi connectivity index (χ2v) is 3.08. The zero-order valence-electron chi connectivity index (χ0n) is 8.65. The second kappa shape index (κ2) is 4.95. The van der Waals surface area contributed by atoms with Gasteiger partial charge in [0.05, 0.1) is 14.2 Å². The Morgan fingerprint density at radius 3 is 2.73 bits per heavy atom. The number of nitrogens with zero attached hydrogens (tertiary/aromatic N) is 2. The van der Waals surface area contributed by atoms with Crippen LogP contribution in [0, 0.1) is 0 Å². The maximum Gasteiger partial charge on any atom is 0.282 e. The lowest BCUT2D eigenvalue weighted by Crippen LogP contribution is -2.25. The molecule has 0 N–H and O–H groups in total. The number of aromatic nitrogens is 1. The molecular formula is C9H11ClN2O3. The third-order valence-corrected chi connectivity index (χ3v) is 2.05. The summed E-state index contributed by atoms with van der Waals surface area (Å²) in [4.78, 5) is 20.3. The van der Waals surface area contributed by atoms with Crippen molar-refractivity contribution in [1.29, 1.82) is 0 Å². The molecular weight excluding hydrogens is 220 g/mol. The topological polar surface area (TPSA) is 51.7 Å². The summed E-state index contributed by atoms with van der Waals surface area (Å²) >= 11 is 5.67. The fourth-order valence-electron chi connectivity index (χ4n) is 0.995. The van der Waals surface area contributed by atoms with E-state index in [1.807, 2.05) is 0 Å². The van der Waals surface area contributed by atoms with Crippen LogP contribution in [0.15, 0.2) is 12.3 Å². The molecule has 1 aromatic heterocycles. The van der Waals surface area contributed by atoms with Crippen molar-refractivity contribution >= 4 is 17.5 Å². The van der Waals surface area contributed by atoms with Crippen molar-refractivity contribution in [3.05, 3.63) is 23.0 Å². The van der Waals surface area contributed by atoms with Gasteiger partial charge < -0.3 is 4.74 Å². The molecule has 0 aliphatic carbocycles. The van der Waals surface area contributed by atoms with E-state index in [4.69, 9.17) is 21.2 Å². The van der Waals surface area contributed by atoms with Gasteiger partial charge in [0.1, 0.15) is 16.5 Å². The van der Waals surface area contributed by atoms with Gasteiger partial charge in [-0.25, -0.2) is 10.0 Å². The van der Waals surface area contributed by atoms with Gasteiger partial charge in [0, 0.05) is 19.3 Å². The first-order chi connectivity index (χ1) is 7.10. The lowest BCUT2D eigenvalue weighted by atomic mass is 10.2. The van der Waals surface area contributed by atoms with Crippen LogP contribution < -0.4 is 4.74 Å². The lowest BCUT2D eigenvalue weighted by molar-refractivity contribution is -0.0758. The molecule has 0 spiro atoms. The van der Waals surface area contributed by atoms with E-state index in [0.29, 0.717) is 11.3 Å². The van der Waals surface area contributed by atoms with Gasteiger partial charge in [-0.2, -0.15) is 0 Å². The molecule has 0 unspecified atom stereocenters. The fourth-order valence-corrected chi connectivity index (χ4v) is 1.14. The Morgan fingerprint density at radius 1 is 1.53 bits per heavy atom. The van der Waals surface area contributed by atoms with E-state index in [1.54, 1.807) is 0 Å². The molecule has 0 aliphatic rings. The zero-order valence-corrected chi connectivity index (χ0v) is 9.41. The van der Waals surface area contributed by atoms with Crippen molar-refractivity contribution in [2.75, 3.05) is 21.3 Å². The summed E-state index contributed by atoms with van der Waals surface area (Å²) in [5.41, 5.74) is 0.297. The molecule has 0 radical (unpaired) electrons. The Kier molecular flexibility index (Phi) is 3.88. The molecule has 82 valence electrons. The van der Waals surface area contributed by atoms with Gasteiger partial charge >= 0.3 is 0 Å². The van der Waals surface area contributed by atoms with Crippen molar-refractivity contribution in [2.45, 2.75) is 0 Å². The summed E-state index contributed by atoms with van der Waals surface area (Å²) in [6.07, 6.45) is 1.35. The number of hydrogen-bond donors (Lipinski definition) is 0. The predicted octanol–water partition coefficient (Wildman–Crippen LogP) is 1.38. The van der Waals surface area contributed by atoms with E-state index < -0.39 is 0 Å². The molecule has 15 heavy (non-hydrogen) atoms. The maximum absolute atomic E-state index is 11.7. The van der Waals surface area contributed by atoms with Crippen molar-refractivity contribution in [3.8, 4) is 5.75 Å². The first-order valence-corrected chi connectivity index (χ1v) is 4.49. The molecule has 5 nitrogen and oxygen atoms in total. The van der Waals surface area contributed by atoms with Gasteiger partial charge in [0.2, 0.25) is 0 Å². The van der Waals surface area contributed by atoms with Crippen LogP contribution in [0.2, 0.25) is 5.15 Å². The molecule has 0 fully saturated rings. The summed E-state index contributed by atoms with van der Waals surface area (Å²) in [6, 6.07) is 1.47. The molecule has 1 amide bonds. The van der Waals surface area contributed by atoms with Crippen LogP contribution in [-0.2, 0) is 4.84 Å². The number of amides is 1. The number of methoxy groups -OCH3 is 1. The standard InChI is InChI=1S/C9H11ClN2O3/c1-12(15-3)9(13)6-5-11-8(10)4-7(6)14-2/h4-5H,1-3H3. The highest BCUT2D eigenvalue weighted by molar-refractivity contribution is 6.29. The number of carbonyl (C=O) groups excluding carboxylic acids is 1. The molecule has 0 aromatic carbocycles. The molecule has 0 saturated carbocycles. The first kappa shape index (κ1) is 11.7. The Morgan fingerprint density at radius 2 is 2.20 bits per heavy atom. The number of hydroxylamine groups is 2. The van der Waals surface area contributed by atoms with E-state index in [2.05, 4.69) is 4.98 Å². The van der Waals surface area contributed by atoms with Crippen LogP contribution in [-0.4, -0.2) is 37.2 Å². The van der Waals surface area contributed by atoms with E-state index in [9.17, 15) is 4.79 Å². The normalized spacial score (nSPS) is 9.87.